The number of carbonyl (C=O) groups is 1. The topological polar surface area (TPSA) is 103 Å². The lowest BCUT2D eigenvalue weighted by molar-refractivity contribution is 0.0135. The third-order valence-electron chi connectivity index (χ3n) is 3.97. The zero-order valence-electron chi connectivity index (χ0n) is 14.6. The van der Waals surface area contributed by atoms with Gasteiger partial charge in [0.15, 0.2) is 0 Å². The average molecular weight is 372 g/mol. The van der Waals surface area contributed by atoms with Crippen LogP contribution in [0.1, 0.15) is 29.2 Å². The molecule has 0 aliphatic carbocycles. The van der Waals surface area contributed by atoms with Crippen LogP contribution in [0.25, 0.3) is 0 Å². The molecule has 0 aliphatic heterocycles. The highest BCUT2D eigenvalue weighted by Gasteiger charge is 2.19. The predicted molar refractivity (Wildman–Crippen MR) is 95.9 cm³/mol. The molecule has 2 aromatic carbocycles. The number of rotatable bonds is 8. The summed E-state index contributed by atoms with van der Waals surface area (Å²) in [6.07, 6.45) is -3.14. The van der Waals surface area contributed by atoms with Gasteiger partial charge in [-0.05, 0) is 23.6 Å². The van der Waals surface area contributed by atoms with Crippen LogP contribution in [0.15, 0.2) is 48.5 Å². The minimum Gasteiger partial charge on any atom is -0.445 e. The van der Waals surface area contributed by atoms with Gasteiger partial charge in [-0.3, -0.25) is 0 Å². The molecule has 27 heavy (non-hydrogen) atoms. The molecular formula is C20H21FN2O4. The lowest BCUT2D eigenvalue weighted by Crippen LogP contribution is -2.29. The molecule has 7 heteroatoms. The average Bonchev–Trinajstić information content (AvgIpc) is 2.68. The Kier molecular flexibility index (Phi) is 7.74. The molecule has 0 saturated carbocycles. The molecule has 0 aliphatic rings. The number of carbonyl (C=O) groups excluding carboxylic acids is 1. The Bertz CT molecular complexity index is 792. The summed E-state index contributed by atoms with van der Waals surface area (Å²) >= 11 is 0. The van der Waals surface area contributed by atoms with E-state index in [1.165, 1.54) is 12.1 Å². The van der Waals surface area contributed by atoms with Gasteiger partial charge in [0.1, 0.15) is 18.5 Å². The van der Waals surface area contributed by atoms with Crippen LogP contribution in [0.3, 0.4) is 0 Å². The van der Waals surface area contributed by atoms with Gasteiger partial charge >= 0.3 is 6.09 Å². The van der Waals surface area contributed by atoms with E-state index >= 15 is 0 Å². The monoisotopic (exact) mass is 372 g/mol. The maximum atomic E-state index is 13.8. The minimum absolute atomic E-state index is 0.0587. The fourth-order valence-corrected chi connectivity index (χ4v) is 2.45. The number of ether oxygens (including phenoxy) is 1. The van der Waals surface area contributed by atoms with Gasteiger partial charge in [0.25, 0.3) is 0 Å². The molecule has 3 N–H and O–H groups in total. The van der Waals surface area contributed by atoms with E-state index in [1.807, 2.05) is 36.4 Å². The second-order valence-corrected chi connectivity index (χ2v) is 5.98. The van der Waals surface area contributed by atoms with Crippen molar-refractivity contribution < 1.29 is 24.1 Å². The second kappa shape index (κ2) is 10.3. The first-order valence-electron chi connectivity index (χ1n) is 8.47. The van der Waals surface area contributed by atoms with Crippen molar-refractivity contribution in [2.75, 3.05) is 6.54 Å². The quantitative estimate of drug-likeness (QED) is 0.661. The lowest BCUT2D eigenvalue weighted by atomic mass is 10.00. The van der Waals surface area contributed by atoms with Crippen molar-refractivity contribution >= 4 is 6.09 Å². The number of aliphatic hydroxyl groups excluding tert-OH is 2. The summed E-state index contributed by atoms with van der Waals surface area (Å²) in [6.45, 7) is 0.215. The van der Waals surface area contributed by atoms with Crippen LogP contribution in [0, 0.1) is 17.1 Å². The van der Waals surface area contributed by atoms with Crippen LogP contribution in [0.5, 0.6) is 0 Å². The highest BCUT2D eigenvalue weighted by Crippen LogP contribution is 2.21. The molecule has 0 heterocycles. The highest BCUT2D eigenvalue weighted by atomic mass is 19.1. The molecule has 0 aromatic heterocycles. The Morgan fingerprint density at radius 2 is 1.96 bits per heavy atom. The second-order valence-electron chi connectivity index (χ2n) is 5.98. The van der Waals surface area contributed by atoms with Gasteiger partial charge in [0, 0.05) is 12.1 Å². The van der Waals surface area contributed by atoms with E-state index in [2.05, 4.69) is 5.32 Å². The first-order valence-corrected chi connectivity index (χ1v) is 8.47. The number of benzene rings is 2. The van der Waals surface area contributed by atoms with Crippen molar-refractivity contribution in [3.8, 4) is 6.07 Å². The third kappa shape index (κ3) is 6.37. The van der Waals surface area contributed by atoms with Gasteiger partial charge in [0.05, 0.1) is 18.6 Å². The normalized spacial score (nSPS) is 12.7. The molecular weight excluding hydrogens is 351 g/mol. The Labute approximate surface area is 156 Å². The van der Waals surface area contributed by atoms with Crippen molar-refractivity contribution in [3.63, 3.8) is 0 Å². The molecule has 2 atom stereocenters. The molecule has 0 radical (unpaired) electrons. The van der Waals surface area contributed by atoms with Gasteiger partial charge in [0.2, 0.25) is 0 Å². The molecule has 2 aromatic rings. The van der Waals surface area contributed by atoms with E-state index in [9.17, 15) is 19.4 Å². The van der Waals surface area contributed by atoms with Crippen LogP contribution in [-0.2, 0) is 17.8 Å². The van der Waals surface area contributed by atoms with Crippen molar-refractivity contribution in [2.24, 2.45) is 0 Å². The number of aliphatic hydroxyl groups is 2. The standard InChI is InChI=1S/C20H21FN2O4/c21-17-12-16(7-6-15(17)8-10-22)19(25)18(24)9-11-23-20(26)27-13-14-4-2-1-3-5-14/h1-7,12,18-19,24-25H,8-9,11,13H2,(H,23,26). The Morgan fingerprint density at radius 3 is 2.63 bits per heavy atom. The van der Waals surface area contributed by atoms with Crippen LogP contribution in [-0.4, -0.2) is 29.0 Å². The van der Waals surface area contributed by atoms with E-state index in [4.69, 9.17) is 10.00 Å². The molecule has 0 spiro atoms. The number of hydrogen-bond acceptors (Lipinski definition) is 5. The molecule has 142 valence electrons. The predicted octanol–water partition coefficient (Wildman–Crippen LogP) is 2.60. The van der Waals surface area contributed by atoms with Crippen molar-refractivity contribution in [3.05, 3.63) is 71.0 Å². The maximum absolute atomic E-state index is 13.8. The van der Waals surface area contributed by atoms with Gasteiger partial charge in [-0.2, -0.15) is 5.26 Å². The first kappa shape index (κ1) is 20.4. The van der Waals surface area contributed by atoms with E-state index in [-0.39, 0.29) is 37.1 Å². The fourth-order valence-electron chi connectivity index (χ4n) is 2.45. The number of alkyl carbamates (subject to hydrolysis) is 1. The molecule has 2 unspecified atom stereocenters. The summed E-state index contributed by atoms with van der Waals surface area (Å²) in [4.78, 5) is 11.6. The van der Waals surface area contributed by atoms with E-state index < -0.39 is 24.1 Å². The summed E-state index contributed by atoms with van der Waals surface area (Å²) in [7, 11) is 0. The van der Waals surface area contributed by atoms with E-state index in [0.29, 0.717) is 0 Å². The van der Waals surface area contributed by atoms with Crippen LogP contribution >= 0.6 is 0 Å². The first-order chi connectivity index (χ1) is 13.0. The molecule has 2 rings (SSSR count). The summed E-state index contributed by atoms with van der Waals surface area (Å²) in [5, 5.41) is 31.3. The van der Waals surface area contributed by atoms with Crippen LogP contribution in [0.2, 0.25) is 0 Å². The fraction of sp³-hybridized carbons (Fsp3) is 0.300. The maximum Gasteiger partial charge on any atom is 0.407 e. The van der Waals surface area contributed by atoms with E-state index in [0.717, 1.165) is 11.6 Å². The van der Waals surface area contributed by atoms with Gasteiger partial charge in [-0.15, -0.1) is 0 Å². The zero-order valence-corrected chi connectivity index (χ0v) is 14.6. The molecule has 6 nitrogen and oxygen atoms in total. The number of amides is 1. The zero-order chi connectivity index (χ0) is 19.6. The van der Waals surface area contributed by atoms with Gasteiger partial charge < -0.3 is 20.3 Å². The summed E-state index contributed by atoms with van der Waals surface area (Å²) < 4.78 is 18.9. The van der Waals surface area contributed by atoms with Crippen molar-refractivity contribution in [1.29, 1.82) is 5.26 Å². The number of nitrogens with one attached hydrogen (secondary N) is 1. The molecule has 1 amide bonds. The van der Waals surface area contributed by atoms with Crippen LogP contribution < -0.4 is 5.32 Å². The van der Waals surface area contributed by atoms with Gasteiger partial charge in [-0.1, -0.05) is 42.5 Å². The molecule has 0 bridgehead atoms. The summed E-state index contributed by atoms with van der Waals surface area (Å²) in [5.41, 5.74) is 1.28. The summed E-state index contributed by atoms with van der Waals surface area (Å²) in [5.74, 6) is -0.608. The largest absolute Gasteiger partial charge is 0.445 e. The number of hydrogen-bond donors (Lipinski definition) is 3. The lowest BCUT2D eigenvalue weighted by Gasteiger charge is -2.19. The van der Waals surface area contributed by atoms with E-state index in [1.54, 1.807) is 0 Å². The Balaban J connectivity index is 1.76. The molecule has 0 fully saturated rings. The Hall–Kier alpha value is -2.95. The van der Waals surface area contributed by atoms with Crippen molar-refractivity contribution in [1.82, 2.24) is 5.32 Å². The third-order valence-corrected chi connectivity index (χ3v) is 3.97. The number of nitriles is 1. The van der Waals surface area contributed by atoms with Gasteiger partial charge in [-0.25, -0.2) is 9.18 Å². The SMILES string of the molecule is N#CCc1ccc(C(O)C(O)CCNC(=O)OCc2ccccc2)cc1F. The highest BCUT2D eigenvalue weighted by molar-refractivity contribution is 5.67. The minimum atomic E-state index is -1.31. The van der Waals surface area contributed by atoms with Crippen LogP contribution in [0.4, 0.5) is 9.18 Å². The summed E-state index contributed by atoms with van der Waals surface area (Å²) in [6, 6.07) is 15.0. The number of nitrogens with zero attached hydrogens (tertiary/aromatic N) is 1. The van der Waals surface area contributed by atoms with Crippen molar-refractivity contribution in [2.45, 2.75) is 31.7 Å². The number of halogens is 1. The smallest absolute Gasteiger partial charge is 0.407 e. The Morgan fingerprint density at radius 1 is 1.22 bits per heavy atom. The molecule has 0 saturated heterocycles.